The fourth-order valence-corrected chi connectivity index (χ4v) is 1.85. The van der Waals surface area contributed by atoms with Crippen LogP contribution in [0, 0.1) is 10.1 Å². The van der Waals surface area contributed by atoms with Crippen LogP contribution in [0.15, 0.2) is 29.3 Å². The second kappa shape index (κ2) is 9.78. The van der Waals surface area contributed by atoms with Crippen LogP contribution >= 0.6 is 0 Å². The Balaban J connectivity index is 2.34. The zero-order valence-electron chi connectivity index (χ0n) is 14.1. The third-order valence-corrected chi connectivity index (χ3v) is 3.36. The largest absolute Gasteiger partial charge is 0.494 e. The number of hydrogen-bond acceptors (Lipinski definition) is 5. The second-order valence-corrected chi connectivity index (χ2v) is 5.67. The first kappa shape index (κ1) is 18.9. The number of amidine groups is 1. The van der Waals surface area contributed by atoms with E-state index in [1.54, 1.807) is 0 Å². The van der Waals surface area contributed by atoms with Crippen LogP contribution in [0.4, 0.5) is 0 Å². The molecule has 1 atom stereocenters. The third-order valence-electron chi connectivity index (χ3n) is 3.36. The molecule has 128 valence electrons. The minimum Gasteiger partial charge on any atom is -0.494 e. The lowest BCUT2D eigenvalue weighted by molar-refractivity contribution is -0.498. The maximum atomic E-state index is 10.6. The Morgan fingerprint density at radius 1 is 1.48 bits per heavy atom. The van der Waals surface area contributed by atoms with Crippen LogP contribution in [0.2, 0.25) is 0 Å². The van der Waals surface area contributed by atoms with E-state index in [0.29, 0.717) is 19.6 Å². The molecule has 2 N–H and O–H groups in total. The standard InChI is InChI=1S/C16H26N4O3/c1-13(20(21)22)16(17)18-9-5-11-23-15-7-4-6-14(12-15)8-10-19(2)3/h4,6-7,12-13H,5,8-11H2,1-3H3,(H2,17,18). The number of ether oxygens (including phenoxy) is 1. The average molecular weight is 322 g/mol. The number of benzene rings is 1. The SMILES string of the molecule is CC(C(N)=NCCCOc1cccc(CCN(C)C)c1)[N+](=O)[O-]. The van der Waals surface area contributed by atoms with Crippen molar-refractivity contribution in [2.45, 2.75) is 25.8 Å². The van der Waals surface area contributed by atoms with Gasteiger partial charge in [0.2, 0.25) is 0 Å². The number of nitro groups is 1. The van der Waals surface area contributed by atoms with Crippen LogP contribution in [0.3, 0.4) is 0 Å². The Hall–Kier alpha value is -2.15. The Morgan fingerprint density at radius 3 is 2.87 bits per heavy atom. The summed E-state index contributed by atoms with van der Waals surface area (Å²) in [6.07, 6.45) is 1.64. The smallest absolute Gasteiger partial charge is 0.266 e. The van der Waals surface area contributed by atoms with Crippen molar-refractivity contribution >= 4 is 5.84 Å². The second-order valence-electron chi connectivity index (χ2n) is 5.67. The summed E-state index contributed by atoms with van der Waals surface area (Å²) in [6.45, 7) is 3.34. The zero-order chi connectivity index (χ0) is 17.2. The summed E-state index contributed by atoms with van der Waals surface area (Å²) in [5, 5.41) is 10.6. The lowest BCUT2D eigenvalue weighted by Crippen LogP contribution is -2.33. The van der Waals surface area contributed by atoms with E-state index >= 15 is 0 Å². The van der Waals surface area contributed by atoms with Gasteiger partial charge >= 0.3 is 0 Å². The van der Waals surface area contributed by atoms with Crippen molar-refractivity contribution in [1.29, 1.82) is 0 Å². The number of likely N-dealkylation sites (N-methyl/N-ethyl adjacent to an activating group) is 1. The van der Waals surface area contributed by atoms with E-state index in [1.165, 1.54) is 12.5 Å². The van der Waals surface area contributed by atoms with Crippen LogP contribution in [0.1, 0.15) is 18.9 Å². The van der Waals surface area contributed by atoms with Gasteiger partial charge in [-0.15, -0.1) is 0 Å². The lowest BCUT2D eigenvalue weighted by atomic mass is 10.1. The molecule has 0 aliphatic rings. The van der Waals surface area contributed by atoms with Gasteiger partial charge < -0.3 is 15.4 Å². The van der Waals surface area contributed by atoms with Crippen molar-refractivity contribution < 1.29 is 9.66 Å². The Labute approximate surface area is 137 Å². The van der Waals surface area contributed by atoms with E-state index in [-0.39, 0.29) is 5.84 Å². The van der Waals surface area contributed by atoms with E-state index in [9.17, 15) is 10.1 Å². The van der Waals surface area contributed by atoms with Crippen LogP contribution in [0.5, 0.6) is 5.75 Å². The Bertz CT molecular complexity index is 532. The van der Waals surface area contributed by atoms with E-state index < -0.39 is 11.0 Å². The minimum absolute atomic E-state index is 0.0562. The van der Waals surface area contributed by atoms with E-state index in [4.69, 9.17) is 10.5 Å². The number of aliphatic imine (C=N–C) groups is 1. The molecule has 1 unspecified atom stereocenters. The van der Waals surface area contributed by atoms with Crippen molar-refractivity contribution in [1.82, 2.24) is 4.90 Å². The van der Waals surface area contributed by atoms with Gasteiger partial charge in [-0.1, -0.05) is 12.1 Å². The molecule has 0 heterocycles. The summed E-state index contributed by atoms with van der Waals surface area (Å²) in [5.74, 6) is 0.887. The van der Waals surface area contributed by atoms with Crippen LogP contribution in [0.25, 0.3) is 0 Å². The van der Waals surface area contributed by atoms with Gasteiger partial charge in [0.05, 0.1) is 6.61 Å². The summed E-state index contributed by atoms with van der Waals surface area (Å²) in [5.41, 5.74) is 6.79. The molecule has 0 amide bonds. The summed E-state index contributed by atoms with van der Waals surface area (Å²) in [4.78, 5) is 16.3. The fourth-order valence-electron chi connectivity index (χ4n) is 1.85. The van der Waals surface area contributed by atoms with E-state index in [0.717, 1.165) is 18.7 Å². The highest BCUT2D eigenvalue weighted by Gasteiger charge is 2.16. The van der Waals surface area contributed by atoms with Crippen LogP contribution in [-0.4, -0.2) is 55.5 Å². The molecule has 1 aromatic rings. The van der Waals surface area contributed by atoms with Crippen molar-refractivity contribution in [3.05, 3.63) is 39.9 Å². The number of nitrogens with zero attached hydrogens (tertiary/aromatic N) is 3. The molecule has 0 fully saturated rings. The number of rotatable bonds is 10. The zero-order valence-corrected chi connectivity index (χ0v) is 14.1. The quantitative estimate of drug-likeness (QED) is 0.232. The predicted molar refractivity (Wildman–Crippen MR) is 91.8 cm³/mol. The summed E-state index contributed by atoms with van der Waals surface area (Å²) in [6, 6.07) is 7.08. The Morgan fingerprint density at radius 2 is 2.22 bits per heavy atom. The van der Waals surface area contributed by atoms with Gasteiger partial charge in [0, 0.05) is 31.4 Å². The first-order valence-corrected chi connectivity index (χ1v) is 7.70. The molecule has 1 aromatic carbocycles. The highest BCUT2D eigenvalue weighted by atomic mass is 16.6. The van der Waals surface area contributed by atoms with Gasteiger partial charge in [-0.05, 0) is 38.2 Å². The fraction of sp³-hybridized carbons (Fsp3) is 0.562. The molecule has 7 nitrogen and oxygen atoms in total. The molecule has 0 aliphatic carbocycles. The van der Waals surface area contributed by atoms with E-state index in [1.807, 2.05) is 32.3 Å². The van der Waals surface area contributed by atoms with Gasteiger partial charge in [0.15, 0.2) is 5.84 Å². The third kappa shape index (κ3) is 7.60. The monoisotopic (exact) mass is 322 g/mol. The molecule has 0 spiro atoms. The molecule has 1 rings (SSSR count). The van der Waals surface area contributed by atoms with Gasteiger partial charge in [-0.2, -0.15) is 0 Å². The molecule has 0 saturated carbocycles. The molecular weight excluding hydrogens is 296 g/mol. The normalized spacial score (nSPS) is 13.1. The highest BCUT2D eigenvalue weighted by molar-refractivity contribution is 5.84. The first-order chi connectivity index (χ1) is 10.9. The maximum absolute atomic E-state index is 10.6. The van der Waals surface area contributed by atoms with Crippen LogP contribution in [-0.2, 0) is 6.42 Å². The first-order valence-electron chi connectivity index (χ1n) is 7.70. The summed E-state index contributed by atoms with van der Waals surface area (Å²) < 4.78 is 5.69. The summed E-state index contributed by atoms with van der Waals surface area (Å²) >= 11 is 0. The highest BCUT2D eigenvalue weighted by Crippen LogP contribution is 2.14. The van der Waals surface area contributed by atoms with Gasteiger partial charge in [-0.3, -0.25) is 15.1 Å². The minimum atomic E-state index is -0.940. The van der Waals surface area contributed by atoms with E-state index in [2.05, 4.69) is 16.0 Å². The number of nitrogens with two attached hydrogens (primary N) is 1. The van der Waals surface area contributed by atoms with Crippen molar-refractivity contribution in [2.75, 3.05) is 33.8 Å². The topological polar surface area (TPSA) is 94.0 Å². The molecule has 0 radical (unpaired) electrons. The van der Waals surface area contributed by atoms with Crippen molar-refractivity contribution in [2.24, 2.45) is 10.7 Å². The molecule has 23 heavy (non-hydrogen) atoms. The lowest BCUT2D eigenvalue weighted by Gasteiger charge is -2.11. The van der Waals surface area contributed by atoms with Gasteiger partial charge in [0.1, 0.15) is 5.75 Å². The molecular formula is C16H26N4O3. The van der Waals surface area contributed by atoms with Gasteiger partial charge in [-0.25, -0.2) is 0 Å². The average Bonchev–Trinajstić information content (AvgIpc) is 2.52. The van der Waals surface area contributed by atoms with Gasteiger partial charge in [0.25, 0.3) is 6.04 Å². The van der Waals surface area contributed by atoms with Crippen molar-refractivity contribution in [3.63, 3.8) is 0 Å². The predicted octanol–water partition coefficient (Wildman–Crippen LogP) is 1.58. The molecule has 0 bridgehead atoms. The van der Waals surface area contributed by atoms with Crippen LogP contribution < -0.4 is 10.5 Å². The molecule has 0 aromatic heterocycles. The molecule has 7 heteroatoms. The van der Waals surface area contributed by atoms with Crippen molar-refractivity contribution in [3.8, 4) is 5.75 Å². The molecule has 0 saturated heterocycles. The summed E-state index contributed by atoms with van der Waals surface area (Å²) in [7, 11) is 4.10. The molecule has 0 aliphatic heterocycles. The number of hydrogen-bond donors (Lipinski definition) is 1. The maximum Gasteiger partial charge on any atom is 0.266 e. The Kier molecular flexibility index (Phi) is 8.04.